The number of rotatable bonds is 2. The lowest BCUT2D eigenvalue weighted by Gasteiger charge is -1.96. The number of aryl methyl sites for hydroxylation is 1. The average molecular weight is 296 g/mol. The van der Waals surface area contributed by atoms with Gasteiger partial charge in [0.15, 0.2) is 0 Å². The van der Waals surface area contributed by atoms with E-state index in [9.17, 15) is 4.39 Å². The molecule has 0 aliphatic carbocycles. The molecule has 3 aromatic heterocycles. The van der Waals surface area contributed by atoms with Gasteiger partial charge < -0.3 is 8.94 Å². The average Bonchev–Trinajstić information content (AvgIpc) is 3.15. The van der Waals surface area contributed by atoms with Gasteiger partial charge in [-0.3, -0.25) is 0 Å². The number of hydrogen-bond acceptors (Lipinski definition) is 6. The summed E-state index contributed by atoms with van der Waals surface area (Å²) in [6.07, 6.45) is 1.55. The van der Waals surface area contributed by atoms with Crippen LogP contribution in [0.2, 0.25) is 0 Å². The minimum Gasteiger partial charge on any atom is -0.416 e. The molecule has 0 atom stereocenters. The Morgan fingerprint density at radius 1 is 1.09 bits per heavy atom. The highest BCUT2D eigenvalue weighted by Gasteiger charge is 2.15. The summed E-state index contributed by atoms with van der Waals surface area (Å²) in [4.78, 5) is 4.15. The van der Waals surface area contributed by atoms with E-state index >= 15 is 0 Å². The second kappa shape index (κ2) is 4.73. The molecule has 4 aromatic rings. The van der Waals surface area contributed by atoms with Crippen molar-refractivity contribution in [3.63, 3.8) is 0 Å². The monoisotopic (exact) mass is 296 g/mol. The van der Waals surface area contributed by atoms with Crippen molar-refractivity contribution in [3.8, 4) is 22.9 Å². The van der Waals surface area contributed by atoms with Gasteiger partial charge in [0.05, 0.1) is 22.2 Å². The second-order valence-corrected chi connectivity index (χ2v) is 4.74. The Morgan fingerprint density at radius 3 is 2.77 bits per heavy atom. The first-order valence-corrected chi connectivity index (χ1v) is 6.53. The lowest BCUT2D eigenvalue weighted by atomic mass is 10.2. The first-order chi connectivity index (χ1) is 10.7. The minimum absolute atomic E-state index is 0.121. The summed E-state index contributed by atoms with van der Waals surface area (Å²) in [6.45, 7) is 1.82. The molecular weight excluding hydrogens is 287 g/mol. The van der Waals surface area contributed by atoms with Crippen molar-refractivity contribution in [2.75, 3.05) is 0 Å². The zero-order valence-corrected chi connectivity index (χ0v) is 11.4. The van der Waals surface area contributed by atoms with E-state index in [1.807, 2.05) is 6.92 Å². The maximum absolute atomic E-state index is 13.7. The van der Waals surface area contributed by atoms with Gasteiger partial charge in [-0.2, -0.15) is 0 Å². The SMILES string of the molecule is Cc1noc2ncc(-c3nnc(-c4ccccc4F)o3)cc12. The van der Waals surface area contributed by atoms with E-state index in [1.54, 1.807) is 30.5 Å². The predicted octanol–water partition coefficient (Wildman–Crippen LogP) is 3.39. The van der Waals surface area contributed by atoms with Gasteiger partial charge in [-0.15, -0.1) is 10.2 Å². The summed E-state index contributed by atoms with van der Waals surface area (Å²) in [5.74, 6) is -0.0374. The predicted molar refractivity (Wildman–Crippen MR) is 75.2 cm³/mol. The Kier molecular flexibility index (Phi) is 2.72. The second-order valence-electron chi connectivity index (χ2n) is 4.74. The topological polar surface area (TPSA) is 77.8 Å². The number of aromatic nitrogens is 4. The van der Waals surface area contributed by atoms with Gasteiger partial charge in [0.25, 0.3) is 11.6 Å². The largest absolute Gasteiger partial charge is 0.416 e. The fourth-order valence-corrected chi connectivity index (χ4v) is 2.15. The first kappa shape index (κ1) is 12.6. The van der Waals surface area contributed by atoms with Crippen LogP contribution in [0.25, 0.3) is 34.0 Å². The molecule has 22 heavy (non-hydrogen) atoms. The molecular formula is C15H9FN4O2. The molecule has 0 bridgehead atoms. The van der Waals surface area contributed by atoms with Crippen molar-refractivity contribution in [1.82, 2.24) is 20.3 Å². The van der Waals surface area contributed by atoms with Crippen LogP contribution in [0, 0.1) is 12.7 Å². The number of fused-ring (bicyclic) bond motifs is 1. The van der Waals surface area contributed by atoms with Crippen molar-refractivity contribution in [2.45, 2.75) is 6.92 Å². The van der Waals surface area contributed by atoms with Crippen molar-refractivity contribution < 1.29 is 13.3 Å². The minimum atomic E-state index is -0.416. The van der Waals surface area contributed by atoms with Crippen LogP contribution in [0.3, 0.4) is 0 Å². The zero-order valence-electron chi connectivity index (χ0n) is 11.4. The van der Waals surface area contributed by atoms with Gasteiger partial charge in [-0.05, 0) is 25.1 Å². The fraction of sp³-hybridized carbons (Fsp3) is 0.0667. The van der Waals surface area contributed by atoms with Crippen molar-refractivity contribution in [1.29, 1.82) is 0 Å². The Hall–Kier alpha value is -3.09. The highest BCUT2D eigenvalue weighted by molar-refractivity contribution is 5.80. The number of benzene rings is 1. The van der Waals surface area contributed by atoms with Crippen molar-refractivity contribution >= 4 is 11.1 Å². The van der Waals surface area contributed by atoms with Crippen LogP contribution in [0.15, 0.2) is 45.5 Å². The Morgan fingerprint density at radius 2 is 1.91 bits per heavy atom. The van der Waals surface area contributed by atoms with Crippen LogP contribution in [0.5, 0.6) is 0 Å². The van der Waals surface area contributed by atoms with Gasteiger partial charge in [0.2, 0.25) is 5.89 Å². The van der Waals surface area contributed by atoms with Gasteiger partial charge in [-0.1, -0.05) is 17.3 Å². The van der Waals surface area contributed by atoms with E-state index in [-0.39, 0.29) is 17.3 Å². The third-order valence-electron chi connectivity index (χ3n) is 3.29. The van der Waals surface area contributed by atoms with Crippen molar-refractivity contribution in [3.05, 3.63) is 48.0 Å². The molecule has 0 aliphatic rings. The molecule has 3 heterocycles. The normalized spacial score (nSPS) is 11.2. The molecule has 108 valence electrons. The summed E-state index contributed by atoms with van der Waals surface area (Å²) < 4.78 is 24.3. The smallest absolute Gasteiger partial charge is 0.257 e. The maximum atomic E-state index is 13.7. The van der Waals surface area contributed by atoms with Crippen molar-refractivity contribution in [2.24, 2.45) is 0 Å². The van der Waals surface area contributed by atoms with Crippen LogP contribution in [0.4, 0.5) is 4.39 Å². The lowest BCUT2D eigenvalue weighted by Crippen LogP contribution is -1.82. The molecule has 4 rings (SSSR count). The molecule has 0 unspecified atom stereocenters. The molecule has 0 saturated heterocycles. The first-order valence-electron chi connectivity index (χ1n) is 6.53. The highest BCUT2D eigenvalue weighted by atomic mass is 19.1. The molecule has 6 nitrogen and oxygen atoms in total. The quantitative estimate of drug-likeness (QED) is 0.564. The van der Waals surface area contributed by atoms with E-state index in [0.29, 0.717) is 11.3 Å². The van der Waals surface area contributed by atoms with E-state index in [2.05, 4.69) is 20.3 Å². The molecule has 1 aromatic carbocycles. The summed E-state index contributed by atoms with van der Waals surface area (Å²) in [7, 11) is 0. The molecule has 0 saturated carbocycles. The van der Waals surface area contributed by atoms with E-state index < -0.39 is 5.82 Å². The Labute approximate surface area is 123 Å². The van der Waals surface area contributed by atoms with Gasteiger partial charge >= 0.3 is 0 Å². The number of nitrogens with zero attached hydrogens (tertiary/aromatic N) is 4. The molecule has 0 radical (unpaired) electrons. The Balaban J connectivity index is 1.80. The third kappa shape index (κ3) is 1.95. The number of halogens is 1. The zero-order chi connectivity index (χ0) is 15.1. The number of hydrogen-bond donors (Lipinski definition) is 0. The summed E-state index contributed by atoms with van der Waals surface area (Å²) in [5.41, 5.74) is 2.04. The van der Waals surface area contributed by atoms with Crippen LogP contribution in [-0.4, -0.2) is 20.3 Å². The molecule has 0 amide bonds. The van der Waals surface area contributed by atoms with E-state index in [4.69, 9.17) is 8.94 Å². The third-order valence-corrected chi connectivity index (χ3v) is 3.29. The Bertz CT molecular complexity index is 977. The molecule has 0 N–H and O–H groups in total. The molecule has 0 fully saturated rings. The fourth-order valence-electron chi connectivity index (χ4n) is 2.15. The van der Waals surface area contributed by atoms with Crippen LogP contribution < -0.4 is 0 Å². The summed E-state index contributed by atoms with van der Waals surface area (Å²) in [6, 6.07) is 8.03. The molecule has 7 heteroatoms. The van der Waals surface area contributed by atoms with Crippen LogP contribution in [0.1, 0.15) is 5.69 Å². The lowest BCUT2D eigenvalue weighted by molar-refractivity contribution is 0.443. The standard InChI is InChI=1S/C15H9FN4O2/c1-8-11-6-9(7-17-14(11)22-20-8)13-18-19-15(21-13)10-4-2-3-5-12(10)16/h2-7H,1H3. The summed E-state index contributed by atoms with van der Waals surface area (Å²) in [5, 5.41) is 12.4. The van der Waals surface area contributed by atoms with Gasteiger partial charge in [0.1, 0.15) is 5.82 Å². The van der Waals surface area contributed by atoms with Crippen LogP contribution in [-0.2, 0) is 0 Å². The maximum Gasteiger partial charge on any atom is 0.257 e. The molecule has 0 aliphatic heterocycles. The van der Waals surface area contributed by atoms with E-state index in [1.165, 1.54) is 6.07 Å². The van der Waals surface area contributed by atoms with Gasteiger partial charge in [-0.25, -0.2) is 9.37 Å². The molecule has 0 spiro atoms. The van der Waals surface area contributed by atoms with Gasteiger partial charge in [0, 0.05) is 6.20 Å². The highest BCUT2D eigenvalue weighted by Crippen LogP contribution is 2.27. The summed E-state index contributed by atoms with van der Waals surface area (Å²) >= 11 is 0. The van der Waals surface area contributed by atoms with Crippen LogP contribution >= 0.6 is 0 Å². The van der Waals surface area contributed by atoms with E-state index in [0.717, 1.165) is 11.1 Å². The number of pyridine rings is 1.